The van der Waals surface area contributed by atoms with E-state index in [1.165, 1.54) is 20.0 Å². The number of hydrogen-bond acceptors (Lipinski definition) is 3. The SMILES string of the molecule is Cn1nc(Cl)cc1S(=O)(=O)C(C)(F)C1CCCCC1. The predicted molar refractivity (Wildman–Crippen MR) is 71.5 cm³/mol. The smallest absolute Gasteiger partial charge is 0.230 e. The lowest BCUT2D eigenvalue weighted by Crippen LogP contribution is -2.40. The van der Waals surface area contributed by atoms with Gasteiger partial charge in [0.25, 0.3) is 0 Å². The zero-order valence-corrected chi connectivity index (χ0v) is 12.6. The minimum Gasteiger partial charge on any atom is -0.256 e. The summed E-state index contributed by atoms with van der Waals surface area (Å²) in [4.78, 5) is 0. The van der Waals surface area contributed by atoms with Gasteiger partial charge in [0.2, 0.25) is 14.8 Å². The van der Waals surface area contributed by atoms with Gasteiger partial charge in [0.1, 0.15) is 0 Å². The third-order valence-corrected chi connectivity index (χ3v) is 6.44. The van der Waals surface area contributed by atoms with E-state index in [-0.39, 0.29) is 10.2 Å². The monoisotopic (exact) mass is 308 g/mol. The van der Waals surface area contributed by atoms with Crippen LogP contribution < -0.4 is 0 Å². The molecule has 4 nitrogen and oxygen atoms in total. The summed E-state index contributed by atoms with van der Waals surface area (Å²) < 4.78 is 41.1. The third kappa shape index (κ3) is 2.52. The Labute approximate surface area is 117 Å². The summed E-state index contributed by atoms with van der Waals surface area (Å²) in [6.45, 7) is 1.17. The molecule has 1 aliphatic carbocycles. The normalized spacial score (nSPS) is 21.3. The van der Waals surface area contributed by atoms with Crippen molar-refractivity contribution in [2.24, 2.45) is 13.0 Å². The van der Waals surface area contributed by atoms with Crippen molar-refractivity contribution in [1.29, 1.82) is 0 Å². The third-order valence-electron chi connectivity index (χ3n) is 3.94. The molecule has 1 aromatic heterocycles. The summed E-state index contributed by atoms with van der Waals surface area (Å²) >= 11 is 5.69. The highest BCUT2D eigenvalue weighted by atomic mass is 35.5. The van der Waals surface area contributed by atoms with E-state index in [9.17, 15) is 12.8 Å². The first-order chi connectivity index (χ1) is 8.76. The van der Waals surface area contributed by atoms with Crippen LogP contribution in [-0.4, -0.2) is 23.2 Å². The quantitative estimate of drug-likeness (QED) is 0.862. The highest BCUT2D eigenvalue weighted by molar-refractivity contribution is 7.92. The Balaban J connectivity index is 2.40. The fraction of sp³-hybridized carbons (Fsp3) is 0.750. The van der Waals surface area contributed by atoms with E-state index < -0.39 is 20.8 Å². The Morgan fingerprint density at radius 3 is 2.47 bits per heavy atom. The summed E-state index contributed by atoms with van der Waals surface area (Å²) in [5.74, 6) is -0.458. The van der Waals surface area contributed by atoms with Crippen LogP contribution in [-0.2, 0) is 16.9 Å². The molecular weight excluding hydrogens is 291 g/mol. The highest BCUT2D eigenvalue weighted by Crippen LogP contribution is 2.41. The number of hydrogen-bond donors (Lipinski definition) is 0. The molecule has 0 aromatic carbocycles. The average Bonchev–Trinajstić information content (AvgIpc) is 2.70. The molecule has 0 N–H and O–H groups in total. The Bertz CT molecular complexity index is 562. The molecule has 108 valence electrons. The molecule has 1 heterocycles. The van der Waals surface area contributed by atoms with Crippen LogP contribution in [0.1, 0.15) is 39.0 Å². The van der Waals surface area contributed by atoms with Crippen LogP contribution in [0.2, 0.25) is 5.15 Å². The van der Waals surface area contributed by atoms with E-state index in [1.807, 2.05) is 0 Å². The van der Waals surface area contributed by atoms with Gasteiger partial charge in [-0.25, -0.2) is 12.8 Å². The van der Waals surface area contributed by atoms with Crippen LogP contribution in [0.3, 0.4) is 0 Å². The predicted octanol–water partition coefficient (Wildman–Crippen LogP) is 3.11. The van der Waals surface area contributed by atoms with Gasteiger partial charge in [-0.1, -0.05) is 30.9 Å². The van der Waals surface area contributed by atoms with Crippen molar-refractivity contribution in [2.75, 3.05) is 0 Å². The van der Waals surface area contributed by atoms with Gasteiger partial charge in [-0.05, 0) is 19.8 Å². The zero-order chi connectivity index (χ0) is 14.3. The molecule has 0 aliphatic heterocycles. The maximum atomic E-state index is 15.0. The lowest BCUT2D eigenvalue weighted by molar-refractivity contribution is 0.152. The van der Waals surface area contributed by atoms with Crippen molar-refractivity contribution in [3.8, 4) is 0 Å². The van der Waals surface area contributed by atoms with E-state index >= 15 is 0 Å². The molecule has 0 bridgehead atoms. The number of aryl methyl sites for hydroxylation is 1. The fourth-order valence-corrected chi connectivity index (χ4v) is 4.73. The van der Waals surface area contributed by atoms with Crippen LogP contribution in [0.4, 0.5) is 4.39 Å². The van der Waals surface area contributed by atoms with E-state index in [2.05, 4.69) is 5.10 Å². The Hall–Kier alpha value is -0.620. The van der Waals surface area contributed by atoms with Crippen molar-refractivity contribution >= 4 is 21.4 Å². The van der Waals surface area contributed by atoms with E-state index in [0.29, 0.717) is 12.8 Å². The molecule has 1 aromatic rings. The number of nitrogens with zero attached hydrogens (tertiary/aromatic N) is 2. The number of aromatic nitrogens is 2. The van der Waals surface area contributed by atoms with Crippen LogP contribution >= 0.6 is 11.6 Å². The second kappa shape index (κ2) is 5.05. The minimum absolute atomic E-state index is 0.0560. The summed E-state index contributed by atoms with van der Waals surface area (Å²) in [6.07, 6.45) is 4.03. The average molecular weight is 309 g/mol. The van der Waals surface area contributed by atoms with Crippen molar-refractivity contribution in [3.05, 3.63) is 11.2 Å². The minimum atomic E-state index is -4.10. The molecule has 0 spiro atoms. The van der Waals surface area contributed by atoms with E-state index in [4.69, 9.17) is 11.6 Å². The Morgan fingerprint density at radius 1 is 1.42 bits per heavy atom. The van der Waals surface area contributed by atoms with Gasteiger partial charge in [-0.3, -0.25) is 4.68 Å². The number of alkyl halides is 1. The van der Waals surface area contributed by atoms with Crippen molar-refractivity contribution in [1.82, 2.24) is 9.78 Å². The molecule has 1 unspecified atom stereocenters. The van der Waals surface area contributed by atoms with Crippen LogP contribution in [0.25, 0.3) is 0 Å². The number of sulfone groups is 1. The standard InChI is InChI=1S/C12H18ClFN2O2S/c1-12(14,9-6-4-3-5-7-9)19(17,18)11-8-10(13)15-16(11)2/h8-9H,3-7H2,1-2H3. The van der Waals surface area contributed by atoms with E-state index in [0.717, 1.165) is 23.9 Å². The van der Waals surface area contributed by atoms with Crippen molar-refractivity contribution < 1.29 is 12.8 Å². The van der Waals surface area contributed by atoms with Gasteiger partial charge in [0.15, 0.2) is 10.2 Å². The van der Waals surface area contributed by atoms with E-state index in [1.54, 1.807) is 0 Å². The fourth-order valence-electron chi connectivity index (χ4n) is 2.71. The topological polar surface area (TPSA) is 52.0 Å². The molecule has 1 atom stereocenters. The molecule has 1 saturated carbocycles. The highest BCUT2D eigenvalue weighted by Gasteiger charge is 2.48. The van der Waals surface area contributed by atoms with Gasteiger partial charge >= 0.3 is 0 Å². The van der Waals surface area contributed by atoms with Crippen molar-refractivity contribution in [2.45, 2.75) is 49.1 Å². The van der Waals surface area contributed by atoms with Gasteiger partial charge in [0, 0.05) is 19.0 Å². The summed E-state index contributed by atoms with van der Waals surface area (Å²) in [5.41, 5.74) is 0. The lowest BCUT2D eigenvalue weighted by atomic mass is 9.86. The second-order valence-corrected chi connectivity index (χ2v) is 7.86. The Kier molecular flexibility index (Phi) is 3.93. The molecule has 19 heavy (non-hydrogen) atoms. The largest absolute Gasteiger partial charge is 0.256 e. The maximum absolute atomic E-state index is 15.0. The summed E-state index contributed by atoms with van der Waals surface area (Å²) in [6, 6.07) is 1.21. The molecule has 0 radical (unpaired) electrons. The molecule has 0 amide bonds. The summed E-state index contributed by atoms with van der Waals surface area (Å²) in [7, 11) is -2.64. The first-order valence-electron chi connectivity index (χ1n) is 6.40. The second-order valence-electron chi connectivity index (χ2n) is 5.25. The first-order valence-corrected chi connectivity index (χ1v) is 8.26. The maximum Gasteiger partial charge on any atom is 0.230 e. The molecule has 1 fully saturated rings. The lowest BCUT2D eigenvalue weighted by Gasteiger charge is -2.32. The van der Waals surface area contributed by atoms with Gasteiger partial charge in [-0.15, -0.1) is 0 Å². The molecular formula is C12H18ClFN2O2S. The molecule has 1 aliphatic rings. The zero-order valence-electron chi connectivity index (χ0n) is 11.1. The van der Waals surface area contributed by atoms with Crippen LogP contribution in [0.15, 0.2) is 11.1 Å². The molecule has 2 rings (SSSR count). The van der Waals surface area contributed by atoms with Gasteiger partial charge < -0.3 is 0 Å². The van der Waals surface area contributed by atoms with Crippen LogP contribution in [0.5, 0.6) is 0 Å². The first kappa shape index (κ1) is 14.8. The molecule has 0 saturated heterocycles. The number of halogens is 2. The summed E-state index contributed by atoms with van der Waals surface area (Å²) in [5, 5.41) is 1.40. The number of rotatable bonds is 3. The molecule has 7 heteroatoms. The van der Waals surface area contributed by atoms with Crippen molar-refractivity contribution in [3.63, 3.8) is 0 Å². The Morgan fingerprint density at radius 2 is 2.00 bits per heavy atom. The van der Waals surface area contributed by atoms with Gasteiger partial charge in [0.05, 0.1) is 0 Å². The van der Waals surface area contributed by atoms with Crippen LogP contribution in [0, 0.1) is 5.92 Å². The van der Waals surface area contributed by atoms with Gasteiger partial charge in [-0.2, -0.15) is 5.10 Å².